The van der Waals surface area contributed by atoms with Crippen LogP contribution in [0.2, 0.25) is 5.02 Å². The normalized spacial score (nSPS) is 16.5. The number of nitrogens with one attached hydrogen (secondary N) is 2. The Bertz CT molecular complexity index is 985. The molecule has 1 atom stereocenters. The maximum absolute atomic E-state index is 12.8. The van der Waals surface area contributed by atoms with Crippen LogP contribution in [0, 0.1) is 5.92 Å². The molecule has 2 aromatic rings. The highest BCUT2D eigenvalue weighted by molar-refractivity contribution is 6.33. The zero-order valence-electron chi connectivity index (χ0n) is 16.7. The molecule has 2 amide bonds. The van der Waals surface area contributed by atoms with Crippen molar-refractivity contribution >= 4 is 35.2 Å². The minimum atomic E-state index is -4.53. The van der Waals surface area contributed by atoms with Crippen LogP contribution in [0.3, 0.4) is 0 Å². The van der Waals surface area contributed by atoms with Gasteiger partial charge in [-0.05, 0) is 18.6 Å². The molecular weight excluding hydrogens is 437 g/mol. The van der Waals surface area contributed by atoms with E-state index in [0.29, 0.717) is 19.5 Å². The van der Waals surface area contributed by atoms with Crippen molar-refractivity contribution < 1.29 is 22.8 Å². The molecule has 8 nitrogen and oxygen atoms in total. The number of rotatable bonds is 5. The van der Waals surface area contributed by atoms with Gasteiger partial charge in [-0.2, -0.15) is 13.2 Å². The predicted molar refractivity (Wildman–Crippen MR) is 108 cm³/mol. The highest BCUT2D eigenvalue weighted by Crippen LogP contribution is 2.34. The van der Waals surface area contributed by atoms with Gasteiger partial charge in [-0.3, -0.25) is 14.9 Å². The van der Waals surface area contributed by atoms with Gasteiger partial charge in [0.25, 0.3) is 5.91 Å². The van der Waals surface area contributed by atoms with Gasteiger partial charge in [0.1, 0.15) is 11.5 Å². The number of carbonyl (C=O) groups excluding carboxylic acids is 2. The summed E-state index contributed by atoms with van der Waals surface area (Å²) in [4.78, 5) is 37.9. The van der Waals surface area contributed by atoms with Gasteiger partial charge in [0.2, 0.25) is 11.9 Å². The van der Waals surface area contributed by atoms with Crippen LogP contribution in [0.25, 0.3) is 0 Å². The van der Waals surface area contributed by atoms with E-state index < -0.39 is 17.6 Å². The molecule has 1 unspecified atom stereocenters. The van der Waals surface area contributed by atoms with Gasteiger partial charge >= 0.3 is 6.18 Å². The average molecular weight is 457 g/mol. The lowest BCUT2D eigenvalue weighted by atomic mass is 10.2. The number of hydrogen-bond acceptors (Lipinski definition) is 6. The van der Waals surface area contributed by atoms with Gasteiger partial charge in [0.15, 0.2) is 0 Å². The summed E-state index contributed by atoms with van der Waals surface area (Å²) < 4.78 is 38.4. The molecule has 1 aliphatic heterocycles. The predicted octanol–water partition coefficient (Wildman–Crippen LogP) is 3.15. The summed E-state index contributed by atoms with van der Waals surface area (Å²) in [5.74, 6) is -0.742. The molecule has 0 aliphatic carbocycles. The minimum Gasteiger partial charge on any atom is -0.353 e. The average Bonchev–Trinajstić information content (AvgIpc) is 3.15. The molecule has 0 spiro atoms. The van der Waals surface area contributed by atoms with Crippen molar-refractivity contribution in [1.82, 2.24) is 20.3 Å². The van der Waals surface area contributed by atoms with Gasteiger partial charge in [0.05, 0.1) is 10.6 Å². The summed E-state index contributed by atoms with van der Waals surface area (Å²) in [6.07, 6.45) is -1.87. The standard InChI is InChI=1S/C19H20ClF3N6O2/c1-10(2)16(30)28-18-24-5-3-14(27-18)17(31)26-12-4-6-29(9-12)15-13(20)7-11(8-25-15)19(21,22)23/h3,5,7-8,10,12H,4,6,9H2,1-2H3,(H,26,31)(H,24,27,28,30). The Morgan fingerprint density at radius 3 is 2.68 bits per heavy atom. The van der Waals surface area contributed by atoms with Crippen LogP contribution in [0.15, 0.2) is 24.5 Å². The van der Waals surface area contributed by atoms with Crippen LogP contribution in [-0.2, 0) is 11.0 Å². The third-order valence-electron chi connectivity index (χ3n) is 4.62. The molecule has 0 saturated carbocycles. The largest absolute Gasteiger partial charge is 0.417 e. The number of aromatic nitrogens is 3. The molecule has 31 heavy (non-hydrogen) atoms. The van der Waals surface area contributed by atoms with Gasteiger partial charge in [-0.1, -0.05) is 25.4 Å². The maximum Gasteiger partial charge on any atom is 0.417 e. The summed E-state index contributed by atoms with van der Waals surface area (Å²) in [5.41, 5.74) is -0.840. The summed E-state index contributed by atoms with van der Waals surface area (Å²) in [7, 11) is 0. The lowest BCUT2D eigenvalue weighted by Crippen LogP contribution is -2.37. The zero-order chi connectivity index (χ0) is 22.8. The Hall–Kier alpha value is -2.95. The van der Waals surface area contributed by atoms with E-state index in [1.807, 2.05) is 0 Å². The van der Waals surface area contributed by atoms with E-state index >= 15 is 0 Å². The van der Waals surface area contributed by atoms with Crippen molar-refractivity contribution in [2.75, 3.05) is 23.3 Å². The second-order valence-electron chi connectivity index (χ2n) is 7.34. The first kappa shape index (κ1) is 22.7. The fourth-order valence-corrected chi connectivity index (χ4v) is 3.23. The number of halogens is 4. The smallest absolute Gasteiger partial charge is 0.353 e. The lowest BCUT2D eigenvalue weighted by molar-refractivity contribution is -0.137. The molecule has 0 bridgehead atoms. The van der Waals surface area contributed by atoms with Crippen LogP contribution in [0.1, 0.15) is 36.3 Å². The van der Waals surface area contributed by atoms with E-state index in [1.165, 1.54) is 12.3 Å². The SMILES string of the molecule is CC(C)C(=O)Nc1nccc(C(=O)NC2CCN(c3ncc(C(F)(F)F)cc3Cl)C2)n1. The van der Waals surface area contributed by atoms with Crippen LogP contribution >= 0.6 is 11.6 Å². The number of anilines is 2. The highest BCUT2D eigenvalue weighted by atomic mass is 35.5. The Morgan fingerprint density at radius 1 is 1.29 bits per heavy atom. The zero-order valence-corrected chi connectivity index (χ0v) is 17.5. The van der Waals surface area contributed by atoms with Crippen LogP contribution in [0.5, 0.6) is 0 Å². The van der Waals surface area contributed by atoms with Crippen molar-refractivity contribution in [3.8, 4) is 0 Å². The molecule has 1 fully saturated rings. The molecular formula is C19H20ClF3N6O2. The number of pyridine rings is 1. The van der Waals surface area contributed by atoms with E-state index in [4.69, 9.17) is 11.6 Å². The van der Waals surface area contributed by atoms with E-state index in [-0.39, 0.29) is 40.3 Å². The lowest BCUT2D eigenvalue weighted by Gasteiger charge is -2.20. The number of alkyl halides is 3. The van der Waals surface area contributed by atoms with E-state index in [9.17, 15) is 22.8 Å². The number of nitrogens with zero attached hydrogens (tertiary/aromatic N) is 4. The van der Waals surface area contributed by atoms with Crippen molar-refractivity contribution in [2.24, 2.45) is 5.92 Å². The fraction of sp³-hybridized carbons (Fsp3) is 0.421. The second-order valence-corrected chi connectivity index (χ2v) is 7.75. The molecule has 3 rings (SSSR count). The van der Waals surface area contributed by atoms with Crippen molar-refractivity contribution in [1.29, 1.82) is 0 Å². The van der Waals surface area contributed by atoms with Gasteiger partial charge in [-0.25, -0.2) is 15.0 Å². The first-order chi connectivity index (χ1) is 14.5. The Labute approximate surface area is 181 Å². The molecule has 0 radical (unpaired) electrons. The maximum atomic E-state index is 12.8. The summed E-state index contributed by atoms with van der Waals surface area (Å²) >= 11 is 6.00. The molecule has 1 aliphatic rings. The topological polar surface area (TPSA) is 100 Å². The van der Waals surface area contributed by atoms with Gasteiger partial charge in [-0.15, -0.1) is 0 Å². The number of carbonyl (C=O) groups is 2. The molecule has 12 heteroatoms. The van der Waals surface area contributed by atoms with Crippen molar-refractivity contribution in [2.45, 2.75) is 32.5 Å². The first-order valence-electron chi connectivity index (χ1n) is 9.47. The van der Waals surface area contributed by atoms with Crippen molar-refractivity contribution in [3.63, 3.8) is 0 Å². The molecule has 3 heterocycles. The quantitative estimate of drug-likeness (QED) is 0.717. The van der Waals surface area contributed by atoms with E-state index in [1.54, 1.807) is 18.7 Å². The fourth-order valence-electron chi connectivity index (χ4n) is 2.95. The number of amides is 2. The van der Waals surface area contributed by atoms with Crippen LogP contribution < -0.4 is 15.5 Å². The number of hydrogen-bond donors (Lipinski definition) is 2. The highest BCUT2D eigenvalue weighted by Gasteiger charge is 2.33. The first-order valence-corrected chi connectivity index (χ1v) is 9.85. The van der Waals surface area contributed by atoms with Crippen molar-refractivity contribution in [3.05, 3.63) is 40.8 Å². The molecule has 2 aromatic heterocycles. The minimum absolute atomic E-state index is 0.0279. The van der Waals surface area contributed by atoms with Crippen LogP contribution in [-0.4, -0.2) is 45.9 Å². The molecule has 1 saturated heterocycles. The molecule has 2 N–H and O–H groups in total. The van der Waals surface area contributed by atoms with Gasteiger partial charge < -0.3 is 10.2 Å². The molecule has 166 valence electrons. The Kier molecular flexibility index (Phi) is 6.63. The third kappa shape index (κ3) is 5.60. The Balaban J connectivity index is 1.63. The van der Waals surface area contributed by atoms with E-state index in [2.05, 4.69) is 25.6 Å². The monoisotopic (exact) mass is 456 g/mol. The molecule has 0 aromatic carbocycles. The summed E-state index contributed by atoms with van der Waals surface area (Å²) in [5, 5.41) is 5.24. The van der Waals surface area contributed by atoms with Gasteiger partial charge in [0, 0.05) is 37.4 Å². The second kappa shape index (κ2) is 9.04. The van der Waals surface area contributed by atoms with E-state index in [0.717, 1.165) is 12.3 Å². The van der Waals surface area contributed by atoms with Crippen LogP contribution in [0.4, 0.5) is 24.9 Å². The summed E-state index contributed by atoms with van der Waals surface area (Å²) in [6, 6.07) is 1.97. The Morgan fingerprint density at radius 2 is 2.03 bits per heavy atom. The third-order valence-corrected chi connectivity index (χ3v) is 4.90. The summed E-state index contributed by atoms with van der Waals surface area (Å²) in [6.45, 7) is 4.22.